The molecule has 3 unspecified atom stereocenters. The molecule has 4 heteroatoms. The lowest BCUT2D eigenvalue weighted by molar-refractivity contribution is 0.195. The van der Waals surface area contributed by atoms with Crippen LogP contribution in [0.1, 0.15) is 199 Å². The molecular weight excluding hydrogens is 918 g/mol. The molecule has 386 valence electrons. The van der Waals surface area contributed by atoms with Gasteiger partial charge in [-0.05, 0) is 200 Å². The molecule has 8 aliphatic rings. The molecule has 3 atom stereocenters. The quantitative estimate of drug-likeness (QED) is 0.160. The van der Waals surface area contributed by atoms with Gasteiger partial charge >= 0.3 is 0 Å². The van der Waals surface area contributed by atoms with E-state index in [2.05, 4.69) is 239 Å². The Kier molecular flexibility index (Phi) is 9.93. The van der Waals surface area contributed by atoms with Gasteiger partial charge in [-0.2, -0.15) is 0 Å². The van der Waals surface area contributed by atoms with Crippen molar-refractivity contribution in [2.45, 2.75) is 192 Å². The van der Waals surface area contributed by atoms with Crippen LogP contribution in [0.3, 0.4) is 0 Å². The van der Waals surface area contributed by atoms with Gasteiger partial charge in [-0.25, -0.2) is 0 Å². The van der Waals surface area contributed by atoms with Gasteiger partial charge in [-0.3, -0.25) is 0 Å². The van der Waals surface area contributed by atoms with Crippen LogP contribution in [-0.2, 0) is 32.5 Å². The molecule has 15 rings (SSSR count). The zero-order valence-electron chi connectivity index (χ0n) is 48.3. The number of benzene rings is 7. The summed E-state index contributed by atoms with van der Waals surface area (Å²) in [5, 5.41) is 0. The summed E-state index contributed by atoms with van der Waals surface area (Å²) in [6.45, 7) is 34.7. The Bertz CT molecular complexity index is 3620. The van der Waals surface area contributed by atoms with Crippen molar-refractivity contribution in [3.8, 4) is 11.1 Å². The standard InChI is InChI=1S/C72H80BN3/c1-44-45-21-23-46(24-22-45)51-39-48(66(2,3)4)25-30-59(51)75-61-41-50(76-60-20-16-15-19-53(60)71(13)31-17-18-32-72(71,76)14)27-29-57(61)73-58-42-55-56(70(11,12)36-35-69(55,9)10)43-62(58)74(63-37-47(44)38-64(75)65(63)73)49-26-28-52-54(40-49)68(7,8)34-33-67(52,5)6/h15-16,19-30,37-44H,17-18,31-36H2,1-14H3. The van der Waals surface area contributed by atoms with Crippen LogP contribution in [0, 0.1) is 0 Å². The second kappa shape index (κ2) is 15.6. The summed E-state index contributed by atoms with van der Waals surface area (Å²) in [5.74, 6) is 0.162. The van der Waals surface area contributed by atoms with E-state index < -0.39 is 0 Å². The van der Waals surface area contributed by atoms with Crippen molar-refractivity contribution in [3.05, 3.63) is 172 Å². The third-order valence-electron chi connectivity index (χ3n) is 21.7. The molecule has 76 heavy (non-hydrogen) atoms. The summed E-state index contributed by atoms with van der Waals surface area (Å²) in [5.41, 5.74) is 29.1. The predicted octanol–water partition coefficient (Wildman–Crippen LogP) is 17.6. The summed E-state index contributed by atoms with van der Waals surface area (Å²) in [6.07, 6.45) is 9.63. The molecule has 0 spiro atoms. The van der Waals surface area contributed by atoms with E-state index in [1.165, 1.54) is 169 Å². The Labute approximate surface area is 456 Å². The lowest BCUT2D eigenvalue weighted by Gasteiger charge is -2.51. The highest BCUT2D eigenvalue weighted by Crippen LogP contribution is 2.62. The van der Waals surface area contributed by atoms with E-state index >= 15 is 0 Å². The monoisotopic (exact) mass is 998 g/mol. The van der Waals surface area contributed by atoms with Crippen LogP contribution in [0.15, 0.2) is 127 Å². The molecule has 1 saturated carbocycles. The highest BCUT2D eigenvalue weighted by Gasteiger charge is 2.58. The maximum atomic E-state index is 2.80. The minimum absolute atomic E-state index is 0.0112. The van der Waals surface area contributed by atoms with Crippen molar-refractivity contribution in [2.24, 2.45) is 0 Å². The number of hydrogen-bond acceptors (Lipinski definition) is 3. The number of rotatable bonds is 2. The summed E-state index contributed by atoms with van der Waals surface area (Å²) in [6, 6.07) is 52.6. The number of para-hydroxylation sites is 1. The molecule has 0 amide bonds. The molecule has 7 aromatic carbocycles. The lowest BCUT2D eigenvalue weighted by atomic mass is 9.33. The van der Waals surface area contributed by atoms with Gasteiger partial charge < -0.3 is 14.7 Å². The Morgan fingerprint density at radius 3 is 1.75 bits per heavy atom. The lowest BCUT2D eigenvalue weighted by Crippen LogP contribution is -2.62. The number of hydrogen-bond donors (Lipinski definition) is 0. The van der Waals surface area contributed by atoms with Crippen LogP contribution in [-0.4, -0.2) is 12.3 Å². The smallest absolute Gasteiger partial charge is 0.252 e. The fraction of sp³-hybridized carbons (Fsp3) is 0.417. The molecule has 0 N–H and O–H groups in total. The van der Waals surface area contributed by atoms with Gasteiger partial charge in [0.15, 0.2) is 0 Å². The molecule has 4 bridgehead atoms. The average Bonchev–Trinajstić information content (AvgIpc) is 3.60. The molecule has 5 heterocycles. The Morgan fingerprint density at radius 2 is 1.05 bits per heavy atom. The number of nitrogens with zero attached hydrogens (tertiary/aromatic N) is 3. The van der Waals surface area contributed by atoms with Crippen molar-refractivity contribution >= 4 is 68.6 Å². The third kappa shape index (κ3) is 6.54. The summed E-state index contributed by atoms with van der Waals surface area (Å²) < 4.78 is 0. The van der Waals surface area contributed by atoms with Gasteiger partial charge in [0.1, 0.15) is 0 Å². The van der Waals surface area contributed by atoms with E-state index in [9.17, 15) is 0 Å². The minimum Gasteiger partial charge on any atom is -0.334 e. The molecule has 0 saturated heterocycles. The van der Waals surface area contributed by atoms with Crippen molar-refractivity contribution in [2.75, 3.05) is 14.7 Å². The molecule has 0 radical (unpaired) electrons. The SMILES string of the molecule is CC1c2ccc(cc2)-c2cc(C(C)(C)C)ccc2N2c3cc(N4c5ccccc5C5(C)CCCCC45C)ccc3B3c4cc5c(cc4N(c4ccc6c(c4)C(C)(C)CCC6(C)C)c4cc1cc2c43)C(C)(C)CCC5(C)C. The molecule has 3 aliphatic carbocycles. The summed E-state index contributed by atoms with van der Waals surface area (Å²) in [7, 11) is 0. The van der Waals surface area contributed by atoms with E-state index in [1.807, 2.05) is 0 Å². The normalized spacial score (nSPS) is 24.3. The topological polar surface area (TPSA) is 9.72 Å². The maximum Gasteiger partial charge on any atom is 0.252 e. The van der Waals surface area contributed by atoms with E-state index in [0.29, 0.717) is 0 Å². The Hall–Kier alpha value is -6.00. The van der Waals surface area contributed by atoms with Crippen LogP contribution < -0.4 is 31.1 Å². The zero-order chi connectivity index (χ0) is 53.0. The van der Waals surface area contributed by atoms with E-state index in [-0.39, 0.29) is 50.7 Å². The first-order valence-corrected chi connectivity index (χ1v) is 29.3. The highest BCUT2D eigenvalue weighted by molar-refractivity contribution is 7.00. The number of fused-ring (bicyclic) bond motifs is 11. The van der Waals surface area contributed by atoms with Gasteiger partial charge in [0.2, 0.25) is 0 Å². The first-order chi connectivity index (χ1) is 35.9. The second-order valence-electron chi connectivity index (χ2n) is 29.0. The molecule has 1 fully saturated rings. The predicted molar refractivity (Wildman–Crippen MR) is 325 cm³/mol. The minimum atomic E-state index is -0.0653. The van der Waals surface area contributed by atoms with Gasteiger partial charge in [0.25, 0.3) is 6.71 Å². The van der Waals surface area contributed by atoms with E-state index in [1.54, 1.807) is 0 Å². The van der Waals surface area contributed by atoms with Crippen LogP contribution in [0.5, 0.6) is 0 Å². The van der Waals surface area contributed by atoms with Crippen LogP contribution in [0.4, 0.5) is 45.5 Å². The van der Waals surface area contributed by atoms with Crippen molar-refractivity contribution in [1.29, 1.82) is 0 Å². The molecule has 7 aromatic rings. The molecule has 0 aromatic heterocycles. The van der Waals surface area contributed by atoms with Crippen molar-refractivity contribution < 1.29 is 0 Å². The molecule has 5 aliphatic heterocycles. The van der Waals surface area contributed by atoms with Crippen molar-refractivity contribution in [1.82, 2.24) is 0 Å². The summed E-state index contributed by atoms with van der Waals surface area (Å²) in [4.78, 5) is 8.31. The second-order valence-corrected chi connectivity index (χ2v) is 29.0. The fourth-order valence-corrected chi connectivity index (χ4v) is 16.4. The summed E-state index contributed by atoms with van der Waals surface area (Å²) >= 11 is 0. The fourth-order valence-electron chi connectivity index (χ4n) is 16.4. The van der Waals surface area contributed by atoms with E-state index in [0.717, 1.165) is 0 Å². The zero-order valence-corrected chi connectivity index (χ0v) is 48.3. The Morgan fingerprint density at radius 1 is 0.447 bits per heavy atom. The van der Waals surface area contributed by atoms with Crippen LogP contribution in [0.25, 0.3) is 11.1 Å². The van der Waals surface area contributed by atoms with Gasteiger partial charge in [-0.1, -0.05) is 170 Å². The first-order valence-electron chi connectivity index (χ1n) is 29.3. The molecule has 3 nitrogen and oxygen atoms in total. The maximum absolute atomic E-state index is 2.80. The highest BCUT2D eigenvalue weighted by atomic mass is 15.3. The Balaban J connectivity index is 1.12. The third-order valence-corrected chi connectivity index (χ3v) is 21.7. The van der Waals surface area contributed by atoms with Crippen LogP contribution in [0.2, 0.25) is 0 Å². The van der Waals surface area contributed by atoms with Gasteiger partial charge in [-0.15, -0.1) is 0 Å². The first kappa shape index (κ1) is 48.4. The van der Waals surface area contributed by atoms with Gasteiger partial charge in [0.05, 0.1) is 11.2 Å². The molecular formula is C72H80BN3. The van der Waals surface area contributed by atoms with Crippen LogP contribution >= 0.6 is 0 Å². The number of anilines is 8. The van der Waals surface area contributed by atoms with E-state index in [4.69, 9.17) is 0 Å². The van der Waals surface area contributed by atoms with Gasteiger partial charge in [0, 0.05) is 56.7 Å². The van der Waals surface area contributed by atoms with Crippen molar-refractivity contribution in [3.63, 3.8) is 0 Å². The largest absolute Gasteiger partial charge is 0.334 e. The average molecular weight is 998 g/mol.